The summed E-state index contributed by atoms with van der Waals surface area (Å²) >= 11 is 4.69. The Bertz CT molecular complexity index is 1040. The van der Waals surface area contributed by atoms with E-state index in [0.717, 1.165) is 15.9 Å². The predicted molar refractivity (Wildman–Crippen MR) is 112 cm³/mol. The van der Waals surface area contributed by atoms with Crippen LogP contribution in [-0.4, -0.2) is 35.2 Å². The second-order valence-electron chi connectivity index (χ2n) is 5.88. The molecule has 3 aromatic rings. The minimum absolute atomic E-state index is 0.123. The lowest BCUT2D eigenvalue weighted by Gasteiger charge is -2.14. The maximum atomic E-state index is 12.0. The number of thioether (sulfide) groups is 1. The lowest BCUT2D eigenvalue weighted by atomic mass is 10.2. The van der Waals surface area contributed by atoms with Crippen molar-refractivity contribution >= 4 is 39.8 Å². The number of hydrazone groups is 1. The van der Waals surface area contributed by atoms with Crippen LogP contribution in [0.1, 0.15) is 5.56 Å². The molecule has 0 unspecified atom stereocenters. The molecule has 0 atom stereocenters. The highest BCUT2D eigenvalue weighted by atomic mass is 79.9. The molecular formula is C19H18BrN5O3S. The summed E-state index contributed by atoms with van der Waals surface area (Å²) in [5, 5.41) is 23.8. The molecule has 1 aromatic heterocycles. The van der Waals surface area contributed by atoms with E-state index in [2.05, 4.69) is 36.7 Å². The molecule has 1 amide bonds. The fraction of sp³-hybridized carbons (Fsp3) is 0.158. The van der Waals surface area contributed by atoms with Crippen LogP contribution in [0, 0.1) is 0 Å². The van der Waals surface area contributed by atoms with Crippen LogP contribution in [-0.2, 0) is 11.8 Å². The van der Waals surface area contributed by atoms with Gasteiger partial charge in [-0.1, -0.05) is 33.8 Å². The number of rotatable bonds is 7. The molecule has 0 aliphatic rings. The number of methoxy groups -OCH3 is 1. The van der Waals surface area contributed by atoms with Crippen molar-refractivity contribution in [2.75, 3.05) is 12.9 Å². The van der Waals surface area contributed by atoms with Gasteiger partial charge >= 0.3 is 5.16 Å². The van der Waals surface area contributed by atoms with Gasteiger partial charge in [0, 0.05) is 4.47 Å². The van der Waals surface area contributed by atoms with Gasteiger partial charge < -0.3 is 9.84 Å². The summed E-state index contributed by atoms with van der Waals surface area (Å²) in [4.78, 5) is 12.0. The van der Waals surface area contributed by atoms with E-state index >= 15 is 0 Å². The van der Waals surface area contributed by atoms with Crippen LogP contribution >= 0.6 is 27.7 Å². The maximum Gasteiger partial charge on any atom is 0.337 e. The van der Waals surface area contributed by atoms with E-state index in [-0.39, 0.29) is 23.2 Å². The number of aromatic nitrogens is 3. The Morgan fingerprint density at radius 1 is 1.38 bits per heavy atom. The Morgan fingerprint density at radius 2 is 2.14 bits per heavy atom. The number of nitrogens with zero attached hydrogens (tertiary/aromatic N) is 3. The molecule has 0 radical (unpaired) electrons. The SMILES string of the molecule is COc1cccc(/C=N/NC(=O)CSc2n[nH]c(-c3ccc(Br)cc3)[n+]2C)c1[O-]. The highest BCUT2D eigenvalue weighted by molar-refractivity contribution is 9.10. The molecular weight excluding hydrogens is 458 g/mol. The standard InChI is InChI=1S/C19H18BrN5O3S/c1-25-18(12-6-8-14(20)9-7-12)23-24-19(25)29-11-16(26)22-21-10-13-4-3-5-15(28-2)17(13)27/h3-10H,11H2,1-2H3,(H2,21,22,26,27). The van der Waals surface area contributed by atoms with Gasteiger partial charge in [-0.15, -0.1) is 5.10 Å². The van der Waals surface area contributed by atoms with Gasteiger partial charge in [-0.05, 0) is 47.7 Å². The zero-order valence-corrected chi connectivity index (χ0v) is 18.1. The summed E-state index contributed by atoms with van der Waals surface area (Å²) in [6.45, 7) is 0. The van der Waals surface area contributed by atoms with Crippen LogP contribution in [0.3, 0.4) is 0 Å². The Hall–Kier alpha value is -2.85. The summed E-state index contributed by atoms with van der Waals surface area (Å²) in [6.07, 6.45) is 1.30. The second kappa shape index (κ2) is 9.57. The summed E-state index contributed by atoms with van der Waals surface area (Å²) in [5.41, 5.74) is 3.72. The van der Waals surface area contributed by atoms with Crippen molar-refractivity contribution in [3.8, 4) is 22.9 Å². The lowest BCUT2D eigenvalue weighted by Crippen LogP contribution is -2.32. The number of hydrogen-bond acceptors (Lipinski definition) is 6. The van der Waals surface area contributed by atoms with Crippen molar-refractivity contribution in [3.05, 3.63) is 52.5 Å². The first-order valence-electron chi connectivity index (χ1n) is 8.48. The molecule has 0 aliphatic carbocycles. The quantitative estimate of drug-likeness (QED) is 0.235. The van der Waals surface area contributed by atoms with Gasteiger partial charge in [-0.25, -0.2) is 9.99 Å². The number of para-hydroxylation sites is 1. The van der Waals surface area contributed by atoms with Crippen LogP contribution in [0.2, 0.25) is 0 Å². The third kappa shape index (κ3) is 5.15. The van der Waals surface area contributed by atoms with Crippen molar-refractivity contribution in [3.63, 3.8) is 0 Å². The van der Waals surface area contributed by atoms with Crippen molar-refractivity contribution in [2.45, 2.75) is 5.16 Å². The molecule has 2 N–H and O–H groups in total. The fourth-order valence-electron chi connectivity index (χ4n) is 2.47. The molecule has 150 valence electrons. The van der Waals surface area contributed by atoms with Crippen LogP contribution in [0.15, 0.2) is 57.2 Å². The molecule has 29 heavy (non-hydrogen) atoms. The Kier molecular flexibility index (Phi) is 6.89. The Labute approximate surface area is 180 Å². The monoisotopic (exact) mass is 475 g/mol. The third-order valence-electron chi connectivity index (χ3n) is 3.95. The largest absolute Gasteiger partial charge is 0.870 e. The van der Waals surface area contributed by atoms with Crippen LogP contribution < -0.4 is 19.8 Å². The van der Waals surface area contributed by atoms with E-state index in [9.17, 15) is 9.90 Å². The van der Waals surface area contributed by atoms with Gasteiger partial charge in [0.2, 0.25) is 0 Å². The van der Waals surface area contributed by atoms with Gasteiger partial charge in [0.1, 0.15) is 5.75 Å². The number of H-pyrrole nitrogens is 1. The normalized spacial score (nSPS) is 11.0. The fourth-order valence-corrected chi connectivity index (χ4v) is 3.46. The number of aromatic amines is 1. The number of nitrogens with one attached hydrogen (secondary N) is 2. The zero-order valence-electron chi connectivity index (χ0n) is 15.7. The smallest absolute Gasteiger partial charge is 0.337 e. The van der Waals surface area contributed by atoms with E-state index < -0.39 is 0 Å². The molecule has 0 spiro atoms. The van der Waals surface area contributed by atoms with E-state index in [4.69, 9.17) is 4.74 Å². The molecule has 0 bridgehead atoms. The van der Waals surface area contributed by atoms with Gasteiger partial charge in [0.05, 0.1) is 36.8 Å². The molecule has 0 aliphatic heterocycles. The highest BCUT2D eigenvalue weighted by Crippen LogP contribution is 2.25. The van der Waals surface area contributed by atoms with Gasteiger partial charge in [0.25, 0.3) is 11.7 Å². The van der Waals surface area contributed by atoms with E-state index in [1.54, 1.807) is 18.2 Å². The number of ether oxygens (including phenoxy) is 1. The molecule has 8 nitrogen and oxygen atoms in total. The van der Waals surface area contributed by atoms with Crippen LogP contribution in [0.4, 0.5) is 0 Å². The highest BCUT2D eigenvalue weighted by Gasteiger charge is 2.19. The number of carbonyl (C=O) groups is 1. The number of amides is 1. The molecule has 10 heteroatoms. The first kappa shape index (κ1) is 20.9. The molecule has 0 fully saturated rings. The first-order chi connectivity index (χ1) is 14.0. The molecule has 0 saturated carbocycles. The number of halogens is 1. The average molecular weight is 476 g/mol. The summed E-state index contributed by atoms with van der Waals surface area (Å²) in [7, 11) is 3.30. The summed E-state index contributed by atoms with van der Waals surface area (Å²) in [5.74, 6) is 0.585. The number of hydrogen-bond donors (Lipinski definition) is 2. The van der Waals surface area contributed by atoms with E-state index in [1.807, 2.05) is 35.9 Å². The maximum absolute atomic E-state index is 12.0. The number of benzene rings is 2. The third-order valence-corrected chi connectivity index (χ3v) is 5.51. The van der Waals surface area contributed by atoms with Crippen LogP contribution in [0.5, 0.6) is 11.5 Å². The van der Waals surface area contributed by atoms with Gasteiger partial charge in [-0.2, -0.15) is 5.10 Å². The van der Waals surface area contributed by atoms with Crippen LogP contribution in [0.25, 0.3) is 11.4 Å². The molecule has 2 aromatic carbocycles. The van der Waals surface area contributed by atoms with Gasteiger partial charge in [0.15, 0.2) is 0 Å². The minimum Gasteiger partial charge on any atom is -0.870 e. The molecule has 1 heterocycles. The van der Waals surface area contributed by atoms with Crippen molar-refractivity contribution < 1.29 is 19.2 Å². The zero-order chi connectivity index (χ0) is 20.8. The predicted octanol–water partition coefficient (Wildman–Crippen LogP) is 1.99. The first-order valence-corrected chi connectivity index (χ1v) is 10.3. The van der Waals surface area contributed by atoms with Crippen molar-refractivity contribution in [2.24, 2.45) is 12.1 Å². The average Bonchev–Trinajstić information content (AvgIpc) is 3.09. The molecule has 0 saturated heterocycles. The van der Waals surface area contributed by atoms with Crippen molar-refractivity contribution in [1.82, 2.24) is 15.6 Å². The van der Waals surface area contributed by atoms with E-state index in [0.29, 0.717) is 10.7 Å². The lowest BCUT2D eigenvalue weighted by molar-refractivity contribution is -0.698. The second-order valence-corrected chi connectivity index (χ2v) is 7.74. The number of carbonyl (C=O) groups excluding carboxylic acids is 1. The molecule has 3 rings (SSSR count). The topological polar surface area (TPSA) is 106 Å². The van der Waals surface area contributed by atoms with Crippen molar-refractivity contribution in [1.29, 1.82) is 0 Å². The summed E-state index contributed by atoms with van der Waals surface area (Å²) < 4.78 is 7.85. The summed E-state index contributed by atoms with van der Waals surface area (Å²) in [6, 6.07) is 12.7. The Morgan fingerprint density at radius 3 is 2.86 bits per heavy atom. The Balaban J connectivity index is 1.57. The van der Waals surface area contributed by atoms with Gasteiger partial charge in [-0.3, -0.25) is 4.79 Å². The van der Waals surface area contributed by atoms with E-state index in [1.165, 1.54) is 25.1 Å². The minimum atomic E-state index is -0.310.